The zero-order valence-electron chi connectivity index (χ0n) is 21.4. The molecule has 2 aromatic rings. The lowest BCUT2D eigenvalue weighted by molar-refractivity contribution is -0.131. The Kier molecular flexibility index (Phi) is 9.03. The number of carbonyl (C=O) groups excluding carboxylic acids is 1. The lowest BCUT2D eigenvalue weighted by Gasteiger charge is -2.28. The van der Waals surface area contributed by atoms with Crippen LogP contribution in [0.25, 0.3) is 10.9 Å². The summed E-state index contributed by atoms with van der Waals surface area (Å²) in [5.74, 6) is -0.410. The molecule has 194 valence electrons. The van der Waals surface area contributed by atoms with Crippen LogP contribution >= 0.6 is 0 Å². The molecule has 2 aliphatic heterocycles. The molecule has 0 unspecified atom stereocenters. The third-order valence-corrected chi connectivity index (χ3v) is 7.57. The van der Waals surface area contributed by atoms with Crippen molar-refractivity contribution in [3.05, 3.63) is 71.0 Å². The maximum Gasteiger partial charge on any atom is 0.335 e. The first kappa shape index (κ1) is 26.5. The molecule has 2 fully saturated rings. The van der Waals surface area contributed by atoms with Crippen LogP contribution in [0, 0.1) is 12.8 Å². The minimum atomic E-state index is -0.928. The van der Waals surface area contributed by atoms with Gasteiger partial charge in [-0.05, 0) is 42.9 Å². The quantitative estimate of drug-likeness (QED) is 0.567. The zero-order valence-corrected chi connectivity index (χ0v) is 21.4. The number of carboxylic acid groups (broad SMARTS) is 1. The summed E-state index contributed by atoms with van der Waals surface area (Å²) >= 11 is 0. The van der Waals surface area contributed by atoms with Gasteiger partial charge in [-0.25, -0.2) is 4.79 Å². The normalized spacial score (nSPS) is 21.9. The Morgan fingerprint density at radius 3 is 2.46 bits per heavy atom. The largest absolute Gasteiger partial charge is 0.478 e. The fraction of sp³-hybridized carbons (Fsp3) is 0.419. The average molecular weight is 501 g/mol. The Morgan fingerprint density at radius 1 is 1.00 bits per heavy atom. The van der Waals surface area contributed by atoms with E-state index in [2.05, 4.69) is 41.7 Å². The molecular formula is C31H36N2O4. The lowest BCUT2D eigenvalue weighted by atomic mass is 9.82. The predicted molar refractivity (Wildman–Crippen MR) is 147 cm³/mol. The summed E-state index contributed by atoms with van der Waals surface area (Å²) in [6.45, 7) is 2.77. The highest BCUT2D eigenvalue weighted by atomic mass is 16.5. The SMILES string of the molecule is C#C.O=C(O)c1ccc2c(C3CCCCC3)c3n(c2c1)C/C(C(=O)N1CCOCC1)=C\C/C=C\C=C/C3. The van der Waals surface area contributed by atoms with Crippen LogP contribution in [0.1, 0.15) is 66.1 Å². The van der Waals surface area contributed by atoms with Crippen molar-refractivity contribution in [3.63, 3.8) is 0 Å². The average Bonchev–Trinajstić information content (AvgIpc) is 3.22. The number of amides is 1. The highest BCUT2D eigenvalue weighted by Gasteiger charge is 2.28. The van der Waals surface area contributed by atoms with Crippen LogP contribution in [0.5, 0.6) is 0 Å². The number of rotatable bonds is 3. The summed E-state index contributed by atoms with van der Waals surface area (Å²) in [7, 11) is 0. The van der Waals surface area contributed by atoms with Gasteiger partial charge in [-0.15, -0.1) is 12.8 Å². The van der Waals surface area contributed by atoms with Gasteiger partial charge < -0.3 is 19.3 Å². The minimum Gasteiger partial charge on any atom is -0.478 e. The summed E-state index contributed by atoms with van der Waals surface area (Å²) in [6, 6.07) is 5.51. The molecule has 6 heteroatoms. The van der Waals surface area contributed by atoms with Gasteiger partial charge in [-0.2, -0.15) is 0 Å². The van der Waals surface area contributed by atoms with E-state index in [1.54, 1.807) is 12.1 Å². The molecule has 1 aliphatic carbocycles. The van der Waals surface area contributed by atoms with E-state index < -0.39 is 5.97 Å². The van der Waals surface area contributed by atoms with E-state index >= 15 is 0 Å². The first-order chi connectivity index (χ1) is 18.1. The van der Waals surface area contributed by atoms with Gasteiger partial charge in [0.15, 0.2) is 0 Å². The van der Waals surface area contributed by atoms with E-state index in [0.29, 0.717) is 45.2 Å². The number of benzene rings is 1. The summed E-state index contributed by atoms with van der Waals surface area (Å²) in [5, 5.41) is 10.9. The minimum absolute atomic E-state index is 0.0512. The van der Waals surface area contributed by atoms with E-state index in [0.717, 1.165) is 35.7 Å². The number of hydrogen-bond donors (Lipinski definition) is 1. The first-order valence-corrected chi connectivity index (χ1v) is 13.2. The van der Waals surface area contributed by atoms with Crippen molar-refractivity contribution in [2.45, 2.75) is 57.4 Å². The number of hydrogen-bond acceptors (Lipinski definition) is 3. The van der Waals surface area contributed by atoms with Crippen LogP contribution in [-0.4, -0.2) is 52.8 Å². The first-order valence-electron chi connectivity index (χ1n) is 13.2. The smallest absolute Gasteiger partial charge is 0.335 e. The van der Waals surface area contributed by atoms with Gasteiger partial charge in [0.25, 0.3) is 5.91 Å². The van der Waals surface area contributed by atoms with E-state index in [1.807, 2.05) is 17.0 Å². The number of carbonyl (C=O) groups is 2. The molecule has 6 nitrogen and oxygen atoms in total. The Morgan fingerprint density at radius 2 is 1.73 bits per heavy atom. The monoisotopic (exact) mass is 500 g/mol. The molecule has 3 aliphatic rings. The Hall–Kier alpha value is -3.56. The number of terminal acetylenes is 1. The van der Waals surface area contributed by atoms with Gasteiger partial charge in [0, 0.05) is 41.7 Å². The van der Waals surface area contributed by atoms with Crippen molar-refractivity contribution >= 4 is 22.8 Å². The summed E-state index contributed by atoms with van der Waals surface area (Å²) < 4.78 is 7.69. The van der Waals surface area contributed by atoms with Crippen LogP contribution < -0.4 is 0 Å². The van der Waals surface area contributed by atoms with E-state index in [9.17, 15) is 14.7 Å². The molecule has 0 spiro atoms. The van der Waals surface area contributed by atoms with Crippen molar-refractivity contribution in [3.8, 4) is 12.8 Å². The highest BCUT2D eigenvalue weighted by Crippen LogP contribution is 2.41. The van der Waals surface area contributed by atoms with Crippen molar-refractivity contribution < 1.29 is 19.4 Å². The van der Waals surface area contributed by atoms with Crippen molar-refractivity contribution in [2.24, 2.45) is 0 Å². The van der Waals surface area contributed by atoms with E-state index in [-0.39, 0.29) is 11.5 Å². The fourth-order valence-electron chi connectivity index (χ4n) is 5.79. The van der Waals surface area contributed by atoms with Gasteiger partial charge in [0.2, 0.25) is 0 Å². The summed E-state index contributed by atoms with van der Waals surface area (Å²) in [6.07, 6.45) is 25.9. The molecule has 37 heavy (non-hydrogen) atoms. The Labute approximate surface area is 219 Å². The van der Waals surface area contributed by atoms with Gasteiger partial charge in [-0.1, -0.05) is 55.7 Å². The molecule has 1 N–H and O–H groups in total. The Balaban J connectivity index is 0.00000156. The topological polar surface area (TPSA) is 71.8 Å². The van der Waals surface area contributed by atoms with E-state index in [1.165, 1.54) is 30.5 Å². The molecule has 1 aromatic heterocycles. The van der Waals surface area contributed by atoms with Crippen molar-refractivity contribution in [1.29, 1.82) is 0 Å². The van der Waals surface area contributed by atoms with Crippen LogP contribution in [0.3, 0.4) is 0 Å². The molecule has 1 saturated carbocycles. The number of nitrogens with zero attached hydrogens (tertiary/aromatic N) is 2. The third kappa shape index (κ3) is 5.89. The fourth-order valence-corrected chi connectivity index (χ4v) is 5.79. The zero-order chi connectivity index (χ0) is 26.2. The molecule has 1 amide bonds. The van der Waals surface area contributed by atoms with Crippen LogP contribution in [0.2, 0.25) is 0 Å². The predicted octanol–water partition coefficient (Wildman–Crippen LogP) is 5.48. The second-order valence-corrected chi connectivity index (χ2v) is 9.75. The number of allylic oxidation sites excluding steroid dienone is 5. The molecule has 1 aromatic carbocycles. The number of carboxylic acids is 1. The molecule has 3 heterocycles. The van der Waals surface area contributed by atoms with Crippen molar-refractivity contribution in [2.75, 3.05) is 26.3 Å². The van der Waals surface area contributed by atoms with Gasteiger partial charge >= 0.3 is 5.97 Å². The van der Waals surface area contributed by atoms with Crippen LogP contribution in [0.4, 0.5) is 0 Å². The second-order valence-electron chi connectivity index (χ2n) is 9.75. The van der Waals surface area contributed by atoms with Gasteiger partial charge in [0.1, 0.15) is 0 Å². The van der Waals surface area contributed by atoms with Crippen LogP contribution in [0.15, 0.2) is 54.2 Å². The highest BCUT2D eigenvalue weighted by molar-refractivity contribution is 5.97. The molecule has 0 radical (unpaired) electrons. The summed E-state index contributed by atoms with van der Waals surface area (Å²) in [4.78, 5) is 27.3. The maximum absolute atomic E-state index is 13.6. The third-order valence-electron chi connectivity index (χ3n) is 7.57. The number of ether oxygens (including phenoxy) is 1. The maximum atomic E-state index is 13.6. The molecule has 0 atom stereocenters. The van der Waals surface area contributed by atoms with Crippen LogP contribution in [-0.2, 0) is 22.5 Å². The Bertz CT molecular complexity index is 1230. The van der Waals surface area contributed by atoms with Gasteiger partial charge in [-0.3, -0.25) is 4.79 Å². The lowest BCUT2D eigenvalue weighted by Crippen LogP contribution is -2.42. The van der Waals surface area contributed by atoms with E-state index in [4.69, 9.17) is 4.74 Å². The number of aromatic carboxylic acids is 1. The standard InChI is InChI=1S/C29H34N2O4.C2H2/c32-28(30-15-17-35-18-16-30)23-11-5-2-1-3-8-12-25-27(21-9-6-4-7-10-21)24-14-13-22(29(33)34)19-26(24)31(25)20-23;1-2/h1-3,8,11,13-14,19,21H,4-7,9-10,12,15-18,20H2,(H,33,34);1-2H/b2-1-,8-3-,23-11+;. The summed E-state index contributed by atoms with van der Waals surface area (Å²) in [5.41, 5.74) is 4.52. The number of fused-ring (bicyclic) bond motifs is 3. The molecule has 0 bridgehead atoms. The molecule has 1 saturated heterocycles. The second kappa shape index (κ2) is 12.6. The number of aromatic nitrogens is 1. The molecule has 5 rings (SSSR count). The van der Waals surface area contributed by atoms with Crippen molar-refractivity contribution in [1.82, 2.24) is 9.47 Å². The number of morpholine rings is 1. The molecular weight excluding hydrogens is 464 g/mol. The van der Waals surface area contributed by atoms with Gasteiger partial charge in [0.05, 0.1) is 25.3 Å².